The highest BCUT2D eigenvalue weighted by atomic mass is 16.5. The van der Waals surface area contributed by atoms with Crippen LogP contribution >= 0.6 is 0 Å². The zero-order valence-electron chi connectivity index (χ0n) is 20.7. The van der Waals surface area contributed by atoms with Crippen LogP contribution < -0.4 is 21.3 Å². The summed E-state index contributed by atoms with van der Waals surface area (Å²) in [5, 5.41) is 7.99. The maximum absolute atomic E-state index is 13.7. The van der Waals surface area contributed by atoms with Gasteiger partial charge < -0.3 is 25.3 Å². The maximum Gasteiger partial charge on any atom is 0.296 e. The number of piperidine rings is 1. The highest BCUT2D eigenvalue weighted by molar-refractivity contribution is 5.89. The lowest BCUT2D eigenvalue weighted by Crippen LogP contribution is -2.40. The summed E-state index contributed by atoms with van der Waals surface area (Å²) in [7, 11) is 1.84. The van der Waals surface area contributed by atoms with E-state index in [0.717, 1.165) is 18.6 Å². The van der Waals surface area contributed by atoms with Crippen LogP contribution in [0.15, 0.2) is 83.8 Å². The number of carbonyl (C=O) groups is 1. The number of para-hydroxylation sites is 1. The Hall–Kier alpha value is -4.37. The van der Waals surface area contributed by atoms with Gasteiger partial charge in [0.15, 0.2) is 5.82 Å². The number of hydrogen-bond acceptors (Lipinski definition) is 6. The highest BCUT2D eigenvalue weighted by Crippen LogP contribution is 2.28. The van der Waals surface area contributed by atoms with Crippen LogP contribution in [0.1, 0.15) is 18.9 Å². The van der Waals surface area contributed by atoms with E-state index in [2.05, 4.69) is 10.4 Å². The van der Waals surface area contributed by atoms with E-state index in [-0.39, 0.29) is 23.3 Å². The van der Waals surface area contributed by atoms with Gasteiger partial charge in [-0.15, -0.1) is 5.10 Å². The zero-order chi connectivity index (χ0) is 25.8. The average Bonchev–Trinajstić information content (AvgIpc) is 3.38. The molecule has 2 aromatic heterocycles. The van der Waals surface area contributed by atoms with Crippen LogP contribution in [0.2, 0.25) is 0 Å². The van der Waals surface area contributed by atoms with Gasteiger partial charge >= 0.3 is 0 Å². The molecule has 1 aliphatic rings. The third kappa shape index (κ3) is 5.12. The molecule has 0 bridgehead atoms. The fourth-order valence-electron chi connectivity index (χ4n) is 4.71. The van der Waals surface area contributed by atoms with E-state index in [1.54, 1.807) is 30.3 Å². The number of amides is 1. The number of nitrogens with one attached hydrogen (secondary N) is 1. The highest BCUT2D eigenvalue weighted by Gasteiger charge is 2.26. The second kappa shape index (κ2) is 10.7. The summed E-state index contributed by atoms with van der Waals surface area (Å²) in [5.41, 5.74) is 7.11. The summed E-state index contributed by atoms with van der Waals surface area (Å²) in [6.07, 6.45) is 7.01. The number of hydrogen-bond donors (Lipinski definition) is 2. The minimum atomic E-state index is -0.261. The fraction of sp³-hybridized carbons (Fsp3) is 0.250. The lowest BCUT2D eigenvalue weighted by Gasteiger charge is -2.33. The van der Waals surface area contributed by atoms with Gasteiger partial charge in [-0.3, -0.25) is 9.59 Å². The zero-order valence-corrected chi connectivity index (χ0v) is 20.7. The topological polar surface area (TPSA) is 107 Å². The van der Waals surface area contributed by atoms with E-state index in [9.17, 15) is 9.59 Å². The van der Waals surface area contributed by atoms with Crippen molar-refractivity contribution in [3.05, 3.63) is 89.4 Å². The summed E-state index contributed by atoms with van der Waals surface area (Å²) >= 11 is 0. The van der Waals surface area contributed by atoms with Crippen LogP contribution in [-0.4, -0.2) is 51.8 Å². The molecule has 3 N–H and O–H groups in total. The predicted molar refractivity (Wildman–Crippen MR) is 144 cm³/mol. The summed E-state index contributed by atoms with van der Waals surface area (Å²) in [5.74, 6) is 1.63. The Morgan fingerprint density at radius 1 is 1.14 bits per heavy atom. The van der Waals surface area contributed by atoms with Gasteiger partial charge in [0, 0.05) is 37.3 Å². The van der Waals surface area contributed by atoms with Gasteiger partial charge in [0.1, 0.15) is 17.0 Å². The predicted octanol–water partition coefficient (Wildman–Crippen LogP) is 3.50. The van der Waals surface area contributed by atoms with Crippen molar-refractivity contribution >= 4 is 22.6 Å². The van der Waals surface area contributed by atoms with E-state index in [1.165, 1.54) is 4.68 Å². The molecule has 9 nitrogen and oxygen atoms in total. The first kappa shape index (κ1) is 24.3. The number of likely N-dealkylation sites (N-methyl/N-ethyl adjacent to an activating group) is 1. The molecule has 0 spiro atoms. The third-order valence-corrected chi connectivity index (χ3v) is 6.54. The monoisotopic (exact) mass is 498 g/mol. The van der Waals surface area contributed by atoms with Crippen LogP contribution in [0.3, 0.4) is 0 Å². The summed E-state index contributed by atoms with van der Waals surface area (Å²) in [6, 6.07) is 18.4. The number of rotatable bonds is 7. The molecule has 1 aliphatic heterocycles. The van der Waals surface area contributed by atoms with Crippen molar-refractivity contribution in [2.75, 3.05) is 32.4 Å². The molecule has 1 atom stereocenters. The van der Waals surface area contributed by atoms with Crippen molar-refractivity contribution in [3.63, 3.8) is 0 Å². The Kier molecular flexibility index (Phi) is 7.04. The number of likely N-dealkylation sites (tertiary alicyclic amines) is 1. The number of nitrogens with two attached hydrogens (primary N) is 1. The van der Waals surface area contributed by atoms with Gasteiger partial charge in [0.25, 0.3) is 5.56 Å². The molecule has 0 radical (unpaired) electrons. The van der Waals surface area contributed by atoms with Crippen molar-refractivity contribution in [1.29, 1.82) is 0 Å². The SMILES string of the molecule is CNC/C=C/C(=O)N1CCC[C@@H](n2ccc3c(N)nn(-c4ccc(Oc5ccccc5)cc4)c(=O)c32)C1. The molecule has 4 aromatic rings. The van der Waals surface area contributed by atoms with Crippen LogP contribution in [0.4, 0.5) is 5.82 Å². The van der Waals surface area contributed by atoms with Gasteiger partial charge in [0.05, 0.1) is 11.7 Å². The van der Waals surface area contributed by atoms with Crippen LogP contribution in [0, 0.1) is 0 Å². The lowest BCUT2D eigenvalue weighted by atomic mass is 10.1. The molecular weight excluding hydrogens is 468 g/mol. The molecule has 5 rings (SSSR count). The number of ether oxygens (including phenoxy) is 1. The van der Waals surface area contributed by atoms with Gasteiger partial charge in [-0.2, -0.15) is 4.68 Å². The number of nitrogens with zero attached hydrogens (tertiary/aromatic N) is 4. The number of nitrogen functional groups attached to an aromatic ring is 1. The molecule has 1 saturated heterocycles. The fourth-order valence-corrected chi connectivity index (χ4v) is 4.71. The van der Waals surface area contributed by atoms with E-state index in [4.69, 9.17) is 10.5 Å². The van der Waals surface area contributed by atoms with Gasteiger partial charge in [-0.1, -0.05) is 24.3 Å². The molecule has 190 valence electrons. The smallest absolute Gasteiger partial charge is 0.296 e. The van der Waals surface area contributed by atoms with Gasteiger partial charge in [-0.05, 0) is 62.4 Å². The summed E-state index contributed by atoms with van der Waals surface area (Å²) < 4.78 is 9.14. The number of benzene rings is 2. The number of anilines is 1. The van der Waals surface area contributed by atoms with Gasteiger partial charge in [0.2, 0.25) is 5.91 Å². The summed E-state index contributed by atoms with van der Waals surface area (Å²) in [6.45, 7) is 1.86. The second-order valence-electron chi connectivity index (χ2n) is 9.04. The van der Waals surface area contributed by atoms with Crippen molar-refractivity contribution in [2.24, 2.45) is 0 Å². The molecule has 2 aromatic carbocycles. The normalized spacial score (nSPS) is 15.9. The third-order valence-electron chi connectivity index (χ3n) is 6.54. The first-order valence-electron chi connectivity index (χ1n) is 12.4. The van der Waals surface area contributed by atoms with Crippen LogP contribution in [-0.2, 0) is 4.79 Å². The van der Waals surface area contributed by atoms with E-state index >= 15 is 0 Å². The Morgan fingerprint density at radius 2 is 1.89 bits per heavy atom. The Morgan fingerprint density at radius 3 is 2.65 bits per heavy atom. The molecule has 0 unspecified atom stereocenters. The van der Waals surface area contributed by atoms with Crippen molar-refractivity contribution in [1.82, 2.24) is 24.6 Å². The van der Waals surface area contributed by atoms with E-state index in [1.807, 2.05) is 65.2 Å². The Balaban J connectivity index is 1.44. The average molecular weight is 499 g/mol. The minimum absolute atomic E-state index is 0.0205. The molecule has 37 heavy (non-hydrogen) atoms. The van der Waals surface area contributed by atoms with Crippen LogP contribution in [0.5, 0.6) is 11.5 Å². The molecule has 3 heterocycles. The van der Waals surface area contributed by atoms with Gasteiger partial charge in [-0.25, -0.2) is 0 Å². The first-order chi connectivity index (χ1) is 18.0. The largest absolute Gasteiger partial charge is 0.457 e. The molecule has 0 saturated carbocycles. The van der Waals surface area contributed by atoms with Crippen molar-refractivity contribution in [3.8, 4) is 17.2 Å². The molecular formula is C28H30N6O3. The van der Waals surface area contributed by atoms with Crippen molar-refractivity contribution in [2.45, 2.75) is 18.9 Å². The van der Waals surface area contributed by atoms with Crippen molar-refractivity contribution < 1.29 is 9.53 Å². The number of aromatic nitrogens is 3. The summed E-state index contributed by atoms with van der Waals surface area (Å²) in [4.78, 5) is 28.2. The standard InChI is InChI=1S/C28H30N6O3/c1-30-16-5-10-25(35)32-17-6-7-21(19-32)33-18-15-24-26(33)28(36)34(31-27(24)29)20-11-13-23(14-12-20)37-22-8-3-2-4-9-22/h2-5,8-15,18,21,30H,6-7,16-17,19H2,1H3,(H2,29,31)/b10-5+/t21-/m1/s1. The molecule has 0 aliphatic carbocycles. The number of fused-ring (bicyclic) bond motifs is 1. The quantitative estimate of drug-likeness (QED) is 0.378. The number of carbonyl (C=O) groups excluding carboxylic acids is 1. The van der Waals surface area contributed by atoms with E-state index < -0.39 is 0 Å². The lowest BCUT2D eigenvalue weighted by molar-refractivity contribution is -0.127. The Bertz CT molecular complexity index is 1470. The second-order valence-corrected chi connectivity index (χ2v) is 9.04. The molecule has 9 heteroatoms. The Labute approximate surface area is 214 Å². The minimum Gasteiger partial charge on any atom is -0.457 e. The van der Waals surface area contributed by atoms with E-state index in [0.29, 0.717) is 42.0 Å². The molecule has 1 amide bonds. The molecule has 1 fully saturated rings. The van der Waals surface area contributed by atoms with Crippen LogP contribution in [0.25, 0.3) is 16.6 Å². The first-order valence-corrected chi connectivity index (χ1v) is 12.4. The maximum atomic E-state index is 13.7.